The summed E-state index contributed by atoms with van der Waals surface area (Å²) in [6.07, 6.45) is 7.77. The molecular formula is C9H16N2O2S. The van der Waals surface area contributed by atoms with Crippen LogP contribution in [0.25, 0.3) is 0 Å². The maximum atomic E-state index is 11.7. The largest absolute Gasteiger partial charge is 0.280 e. The van der Waals surface area contributed by atoms with Crippen molar-refractivity contribution in [2.24, 2.45) is 0 Å². The van der Waals surface area contributed by atoms with E-state index >= 15 is 0 Å². The van der Waals surface area contributed by atoms with Gasteiger partial charge in [-0.25, -0.2) is 0 Å². The highest BCUT2D eigenvalue weighted by Gasteiger charge is 2.30. The molecule has 0 bridgehead atoms. The van der Waals surface area contributed by atoms with Crippen LogP contribution in [-0.2, 0) is 10.2 Å². The Balaban J connectivity index is 2.59. The molecule has 0 heterocycles. The van der Waals surface area contributed by atoms with Gasteiger partial charge >= 0.3 is 0 Å². The molecule has 0 radical (unpaired) electrons. The minimum atomic E-state index is -3.34. The lowest BCUT2D eigenvalue weighted by atomic mass is 10.5. The maximum absolute atomic E-state index is 11.7. The highest BCUT2D eigenvalue weighted by atomic mass is 32.2. The van der Waals surface area contributed by atoms with Gasteiger partial charge in [0.15, 0.2) is 0 Å². The van der Waals surface area contributed by atoms with Crippen LogP contribution in [0, 0.1) is 12.3 Å². The van der Waals surface area contributed by atoms with E-state index in [4.69, 9.17) is 6.42 Å². The summed E-state index contributed by atoms with van der Waals surface area (Å²) >= 11 is 0. The molecule has 0 aromatic heterocycles. The Labute approximate surface area is 85.9 Å². The number of nitrogens with one attached hydrogen (secondary N) is 1. The molecule has 0 spiro atoms. The molecule has 0 aromatic rings. The second-order valence-electron chi connectivity index (χ2n) is 3.43. The van der Waals surface area contributed by atoms with E-state index in [1.165, 1.54) is 4.31 Å². The summed E-state index contributed by atoms with van der Waals surface area (Å²) in [7, 11) is -3.34. The molecule has 0 aliphatic heterocycles. The Bertz CT molecular complexity index is 314. The Hall–Kier alpha value is -0.570. The Morgan fingerprint density at radius 1 is 1.57 bits per heavy atom. The molecule has 1 fully saturated rings. The fraction of sp³-hybridized carbons (Fsp3) is 0.778. The van der Waals surface area contributed by atoms with Gasteiger partial charge in [-0.15, -0.1) is 6.42 Å². The number of nitrogens with zero attached hydrogens (tertiary/aromatic N) is 1. The van der Waals surface area contributed by atoms with Crippen LogP contribution in [0.1, 0.15) is 26.2 Å². The van der Waals surface area contributed by atoms with Gasteiger partial charge in [-0.3, -0.25) is 0 Å². The first kappa shape index (κ1) is 11.5. The molecule has 0 amide bonds. The maximum Gasteiger partial charge on any atom is 0.280 e. The predicted octanol–water partition coefficient (Wildman–Crippen LogP) is 0.328. The summed E-state index contributed by atoms with van der Waals surface area (Å²) in [4.78, 5) is 0. The Morgan fingerprint density at radius 2 is 2.21 bits per heavy atom. The van der Waals surface area contributed by atoms with Gasteiger partial charge in [0, 0.05) is 12.6 Å². The summed E-state index contributed by atoms with van der Waals surface area (Å²) in [5.41, 5.74) is 0. The highest BCUT2D eigenvalue weighted by Crippen LogP contribution is 2.20. The van der Waals surface area contributed by atoms with Crippen molar-refractivity contribution in [1.29, 1.82) is 0 Å². The topological polar surface area (TPSA) is 49.4 Å². The molecule has 1 aliphatic rings. The van der Waals surface area contributed by atoms with E-state index in [0.29, 0.717) is 6.54 Å². The van der Waals surface area contributed by atoms with Crippen molar-refractivity contribution in [3.8, 4) is 12.3 Å². The van der Waals surface area contributed by atoms with Crippen LogP contribution in [-0.4, -0.2) is 31.9 Å². The molecule has 1 aliphatic carbocycles. The lowest BCUT2D eigenvalue weighted by Gasteiger charge is -2.19. The average molecular weight is 216 g/mol. The van der Waals surface area contributed by atoms with Crippen LogP contribution in [0.3, 0.4) is 0 Å². The van der Waals surface area contributed by atoms with Gasteiger partial charge in [-0.05, 0) is 19.3 Å². The standard InChI is InChI=1S/C9H16N2O2S/c1-3-7-11(8-4-2)14(12,13)10-9-5-6-9/h1,9-10H,4-8H2,2H3. The zero-order chi connectivity index (χ0) is 10.6. The molecule has 0 atom stereocenters. The highest BCUT2D eigenvalue weighted by molar-refractivity contribution is 7.87. The number of rotatable bonds is 6. The molecule has 1 N–H and O–H groups in total. The van der Waals surface area contributed by atoms with Crippen molar-refractivity contribution in [1.82, 2.24) is 9.03 Å². The normalized spacial score (nSPS) is 16.9. The lowest BCUT2D eigenvalue weighted by Crippen LogP contribution is -2.42. The van der Waals surface area contributed by atoms with Crippen molar-refractivity contribution in [3.05, 3.63) is 0 Å². The lowest BCUT2D eigenvalue weighted by molar-refractivity contribution is 0.435. The van der Waals surface area contributed by atoms with Gasteiger partial charge < -0.3 is 0 Å². The Morgan fingerprint density at radius 3 is 2.64 bits per heavy atom. The van der Waals surface area contributed by atoms with E-state index in [1.54, 1.807) is 0 Å². The summed E-state index contributed by atoms with van der Waals surface area (Å²) in [6.45, 7) is 2.55. The summed E-state index contributed by atoms with van der Waals surface area (Å²) in [5, 5.41) is 0. The third kappa shape index (κ3) is 3.29. The van der Waals surface area contributed by atoms with E-state index in [-0.39, 0.29) is 12.6 Å². The zero-order valence-electron chi connectivity index (χ0n) is 8.36. The zero-order valence-corrected chi connectivity index (χ0v) is 9.18. The van der Waals surface area contributed by atoms with Gasteiger partial charge in [0.1, 0.15) is 0 Å². The quantitative estimate of drug-likeness (QED) is 0.650. The van der Waals surface area contributed by atoms with Crippen LogP contribution in [0.2, 0.25) is 0 Å². The van der Waals surface area contributed by atoms with Crippen molar-refractivity contribution < 1.29 is 8.42 Å². The summed E-state index contributed by atoms with van der Waals surface area (Å²) in [6, 6.07) is 0.136. The van der Waals surface area contributed by atoms with E-state index in [0.717, 1.165) is 19.3 Å². The van der Waals surface area contributed by atoms with E-state index in [2.05, 4.69) is 10.6 Å². The van der Waals surface area contributed by atoms with Crippen molar-refractivity contribution >= 4 is 10.2 Å². The minimum Gasteiger partial charge on any atom is -0.199 e. The summed E-state index contributed by atoms with van der Waals surface area (Å²) < 4.78 is 27.3. The van der Waals surface area contributed by atoms with Gasteiger partial charge in [0.05, 0.1) is 6.54 Å². The number of hydrogen-bond acceptors (Lipinski definition) is 2. The number of terminal acetylenes is 1. The first-order chi connectivity index (χ1) is 6.60. The molecule has 0 saturated heterocycles. The average Bonchev–Trinajstić information content (AvgIpc) is 2.87. The fourth-order valence-electron chi connectivity index (χ4n) is 1.12. The second kappa shape index (κ2) is 4.78. The van der Waals surface area contributed by atoms with Crippen LogP contribution in [0.4, 0.5) is 0 Å². The third-order valence-corrected chi connectivity index (χ3v) is 3.60. The fourth-order valence-corrected chi connectivity index (χ4v) is 2.60. The number of hydrogen-bond donors (Lipinski definition) is 1. The third-order valence-electron chi connectivity index (χ3n) is 1.97. The molecular weight excluding hydrogens is 200 g/mol. The minimum absolute atomic E-state index is 0.136. The van der Waals surface area contributed by atoms with E-state index in [9.17, 15) is 8.42 Å². The van der Waals surface area contributed by atoms with Gasteiger partial charge in [-0.2, -0.15) is 17.4 Å². The molecule has 4 nitrogen and oxygen atoms in total. The van der Waals surface area contributed by atoms with E-state index in [1.807, 2.05) is 6.92 Å². The van der Waals surface area contributed by atoms with Crippen molar-refractivity contribution in [3.63, 3.8) is 0 Å². The molecule has 80 valence electrons. The molecule has 1 saturated carbocycles. The van der Waals surface area contributed by atoms with Crippen molar-refractivity contribution in [2.75, 3.05) is 13.1 Å². The first-order valence-electron chi connectivity index (χ1n) is 4.81. The molecule has 14 heavy (non-hydrogen) atoms. The molecule has 5 heteroatoms. The van der Waals surface area contributed by atoms with Gasteiger partial charge in [0.25, 0.3) is 10.2 Å². The van der Waals surface area contributed by atoms with Crippen LogP contribution in [0.5, 0.6) is 0 Å². The van der Waals surface area contributed by atoms with E-state index < -0.39 is 10.2 Å². The SMILES string of the molecule is C#CCN(CCC)S(=O)(=O)NC1CC1. The monoisotopic (exact) mass is 216 g/mol. The van der Waals surface area contributed by atoms with Crippen molar-refractivity contribution in [2.45, 2.75) is 32.2 Å². The summed E-state index contributed by atoms with van der Waals surface area (Å²) in [5.74, 6) is 2.36. The first-order valence-corrected chi connectivity index (χ1v) is 6.25. The van der Waals surface area contributed by atoms with Crippen LogP contribution < -0.4 is 4.72 Å². The molecule has 1 rings (SSSR count). The van der Waals surface area contributed by atoms with Crippen LogP contribution >= 0.6 is 0 Å². The molecule has 0 aromatic carbocycles. The molecule has 0 unspecified atom stereocenters. The Kier molecular flexibility index (Phi) is 3.93. The van der Waals surface area contributed by atoms with Gasteiger partial charge in [0.2, 0.25) is 0 Å². The predicted molar refractivity (Wildman–Crippen MR) is 55.8 cm³/mol. The van der Waals surface area contributed by atoms with Gasteiger partial charge in [-0.1, -0.05) is 12.8 Å². The second-order valence-corrected chi connectivity index (χ2v) is 5.14. The van der Waals surface area contributed by atoms with Crippen LogP contribution in [0.15, 0.2) is 0 Å². The smallest absolute Gasteiger partial charge is 0.199 e.